The summed E-state index contributed by atoms with van der Waals surface area (Å²) in [6, 6.07) is 8.12. The lowest BCUT2D eigenvalue weighted by molar-refractivity contribution is -0.0659. The smallest absolute Gasteiger partial charge is 0.119 e. The van der Waals surface area contributed by atoms with Crippen LogP contribution >= 0.6 is 0 Å². The van der Waals surface area contributed by atoms with Gasteiger partial charge in [0.2, 0.25) is 0 Å². The number of rotatable bonds is 7. The van der Waals surface area contributed by atoms with Crippen molar-refractivity contribution in [1.82, 2.24) is 0 Å². The van der Waals surface area contributed by atoms with E-state index in [0.717, 1.165) is 44.9 Å². The molecule has 1 aromatic carbocycles. The number of ether oxygens (including phenoxy) is 3. The van der Waals surface area contributed by atoms with Gasteiger partial charge in [0.25, 0.3) is 0 Å². The number of nitrogens with zero attached hydrogens (tertiary/aromatic N) is 1. The summed E-state index contributed by atoms with van der Waals surface area (Å²) < 4.78 is 16.6. The van der Waals surface area contributed by atoms with Gasteiger partial charge in [0.05, 0.1) is 12.7 Å². The highest BCUT2D eigenvalue weighted by atomic mass is 16.5. The first kappa shape index (κ1) is 16.6. The number of hydrogen-bond donors (Lipinski definition) is 1. The summed E-state index contributed by atoms with van der Waals surface area (Å²) in [7, 11) is 0. The van der Waals surface area contributed by atoms with Crippen molar-refractivity contribution in [2.75, 3.05) is 44.4 Å². The average Bonchev–Trinajstić information content (AvgIpc) is 3.14. The second-order valence-electron chi connectivity index (χ2n) is 6.30. The Morgan fingerprint density at radius 3 is 2.48 bits per heavy atom. The maximum Gasteiger partial charge on any atom is 0.119 e. The molecule has 5 heteroatoms. The van der Waals surface area contributed by atoms with Crippen molar-refractivity contribution in [1.29, 1.82) is 0 Å². The van der Waals surface area contributed by atoms with Crippen molar-refractivity contribution in [3.8, 4) is 5.75 Å². The average molecular weight is 321 g/mol. The molecule has 2 saturated heterocycles. The van der Waals surface area contributed by atoms with Gasteiger partial charge in [-0.3, -0.25) is 0 Å². The molecule has 23 heavy (non-hydrogen) atoms. The van der Waals surface area contributed by atoms with Crippen molar-refractivity contribution < 1.29 is 19.3 Å². The summed E-state index contributed by atoms with van der Waals surface area (Å²) in [5.74, 6) is 0.790. The van der Waals surface area contributed by atoms with Crippen LogP contribution in [0.15, 0.2) is 24.3 Å². The number of hydrogen-bond acceptors (Lipinski definition) is 5. The van der Waals surface area contributed by atoms with Crippen LogP contribution in [0.2, 0.25) is 0 Å². The van der Waals surface area contributed by atoms with E-state index >= 15 is 0 Å². The van der Waals surface area contributed by atoms with Crippen LogP contribution < -0.4 is 9.64 Å². The molecule has 1 unspecified atom stereocenters. The molecule has 2 heterocycles. The van der Waals surface area contributed by atoms with Crippen LogP contribution in [0.4, 0.5) is 5.69 Å². The Morgan fingerprint density at radius 1 is 1.09 bits per heavy atom. The Balaban J connectivity index is 1.37. The Kier molecular flexibility index (Phi) is 6.13. The lowest BCUT2D eigenvalue weighted by Crippen LogP contribution is -2.30. The maximum absolute atomic E-state index is 9.98. The van der Waals surface area contributed by atoms with E-state index in [4.69, 9.17) is 14.2 Å². The molecule has 128 valence electrons. The maximum atomic E-state index is 9.98. The van der Waals surface area contributed by atoms with Crippen LogP contribution in [0.3, 0.4) is 0 Å². The van der Waals surface area contributed by atoms with Crippen molar-refractivity contribution in [2.45, 2.75) is 37.9 Å². The third kappa shape index (κ3) is 5.09. The Bertz CT molecular complexity index is 453. The van der Waals surface area contributed by atoms with Crippen LogP contribution in [-0.2, 0) is 9.47 Å². The van der Waals surface area contributed by atoms with Gasteiger partial charge in [-0.25, -0.2) is 0 Å². The van der Waals surface area contributed by atoms with Gasteiger partial charge in [-0.15, -0.1) is 0 Å². The van der Waals surface area contributed by atoms with Gasteiger partial charge in [0.1, 0.15) is 18.5 Å². The third-order valence-corrected chi connectivity index (χ3v) is 4.44. The van der Waals surface area contributed by atoms with E-state index in [0.29, 0.717) is 6.61 Å². The topological polar surface area (TPSA) is 51.2 Å². The Labute approximate surface area is 138 Å². The molecule has 0 spiro atoms. The predicted molar refractivity (Wildman–Crippen MR) is 89.2 cm³/mol. The zero-order valence-corrected chi connectivity index (χ0v) is 13.7. The lowest BCUT2D eigenvalue weighted by Gasteiger charge is -2.23. The minimum atomic E-state index is -0.601. The molecule has 2 aliphatic rings. The van der Waals surface area contributed by atoms with Crippen molar-refractivity contribution >= 4 is 5.69 Å². The number of benzene rings is 1. The van der Waals surface area contributed by atoms with Crippen LogP contribution in [0.1, 0.15) is 25.7 Å². The number of anilines is 1. The normalized spacial score (nSPS) is 20.7. The highest BCUT2D eigenvalue weighted by Gasteiger charge is 2.16. The van der Waals surface area contributed by atoms with Crippen molar-refractivity contribution in [3.63, 3.8) is 0 Å². The summed E-state index contributed by atoms with van der Waals surface area (Å²) in [5.41, 5.74) is 1.25. The second-order valence-corrected chi connectivity index (χ2v) is 6.30. The number of aliphatic hydroxyl groups excluding tert-OH is 1. The fourth-order valence-corrected chi connectivity index (χ4v) is 3.06. The monoisotopic (exact) mass is 321 g/mol. The van der Waals surface area contributed by atoms with Crippen LogP contribution in [0.25, 0.3) is 0 Å². The van der Waals surface area contributed by atoms with Crippen LogP contribution in [-0.4, -0.2) is 56.8 Å². The molecule has 0 bridgehead atoms. The molecule has 5 nitrogen and oxygen atoms in total. The van der Waals surface area contributed by atoms with Crippen molar-refractivity contribution in [2.24, 2.45) is 0 Å². The molecule has 3 rings (SSSR count). The Hall–Kier alpha value is -1.30. The predicted octanol–water partition coefficient (Wildman–Crippen LogP) is 2.22. The van der Waals surface area contributed by atoms with Gasteiger partial charge < -0.3 is 24.2 Å². The zero-order valence-electron chi connectivity index (χ0n) is 13.7. The fraction of sp³-hybridized carbons (Fsp3) is 0.667. The molecule has 0 aromatic heterocycles. The molecule has 2 fully saturated rings. The molecular formula is C18H27NO4. The van der Waals surface area contributed by atoms with E-state index in [9.17, 15) is 5.11 Å². The van der Waals surface area contributed by atoms with E-state index in [-0.39, 0.29) is 12.7 Å². The molecule has 0 radical (unpaired) electrons. The molecule has 0 aliphatic carbocycles. The third-order valence-electron chi connectivity index (χ3n) is 4.44. The van der Waals surface area contributed by atoms with Gasteiger partial charge >= 0.3 is 0 Å². The highest BCUT2D eigenvalue weighted by Crippen LogP contribution is 2.23. The van der Waals surface area contributed by atoms with Gasteiger partial charge in [0.15, 0.2) is 0 Å². The van der Waals surface area contributed by atoms with E-state index in [1.165, 1.54) is 18.5 Å². The molecule has 2 aliphatic heterocycles. The molecular weight excluding hydrogens is 294 g/mol. The number of aliphatic hydroxyl groups is 1. The summed E-state index contributed by atoms with van der Waals surface area (Å²) in [6.07, 6.45) is 3.97. The molecule has 1 atom stereocenters. The summed E-state index contributed by atoms with van der Waals surface area (Å²) >= 11 is 0. The quantitative estimate of drug-likeness (QED) is 0.834. The van der Waals surface area contributed by atoms with Gasteiger partial charge in [-0.1, -0.05) is 0 Å². The summed E-state index contributed by atoms with van der Waals surface area (Å²) in [6.45, 7) is 4.36. The van der Waals surface area contributed by atoms with Gasteiger partial charge in [-0.05, 0) is 49.9 Å². The standard InChI is InChI=1S/C18H27NO4/c20-16(14-23-18-7-11-21-12-8-18)13-22-17-5-3-15(4-6-17)19-9-1-2-10-19/h3-6,16,18,20H,1-2,7-14H2. The first-order chi connectivity index (χ1) is 11.3. The van der Waals surface area contributed by atoms with E-state index in [2.05, 4.69) is 17.0 Å². The van der Waals surface area contributed by atoms with E-state index < -0.39 is 6.10 Å². The minimum absolute atomic E-state index is 0.207. The summed E-state index contributed by atoms with van der Waals surface area (Å²) in [4.78, 5) is 2.39. The fourth-order valence-electron chi connectivity index (χ4n) is 3.06. The van der Waals surface area contributed by atoms with E-state index in [1.54, 1.807) is 0 Å². The molecule has 1 aromatic rings. The minimum Gasteiger partial charge on any atom is -0.491 e. The molecule has 0 saturated carbocycles. The molecule has 1 N–H and O–H groups in total. The molecule has 0 amide bonds. The second kappa shape index (κ2) is 8.52. The van der Waals surface area contributed by atoms with E-state index in [1.807, 2.05) is 12.1 Å². The van der Waals surface area contributed by atoms with Gasteiger partial charge in [-0.2, -0.15) is 0 Å². The lowest BCUT2D eigenvalue weighted by atomic mass is 10.1. The van der Waals surface area contributed by atoms with Crippen molar-refractivity contribution in [3.05, 3.63) is 24.3 Å². The van der Waals surface area contributed by atoms with Gasteiger partial charge in [0, 0.05) is 32.0 Å². The SMILES string of the molecule is OC(COc1ccc(N2CCCC2)cc1)COC1CCOCC1. The van der Waals surface area contributed by atoms with Crippen LogP contribution in [0.5, 0.6) is 5.75 Å². The van der Waals surface area contributed by atoms with Crippen LogP contribution in [0, 0.1) is 0 Å². The first-order valence-electron chi connectivity index (χ1n) is 8.66. The zero-order chi connectivity index (χ0) is 15.9. The summed E-state index contributed by atoms with van der Waals surface area (Å²) in [5, 5.41) is 9.98. The first-order valence-corrected chi connectivity index (χ1v) is 8.66. The Morgan fingerprint density at radius 2 is 1.78 bits per heavy atom. The highest BCUT2D eigenvalue weighted by molar-refractivity contribution is 5.49. The largest absolute Gasteiger partial charge is 0.491 e.